The van der Waals surface area contributed by atoms with Gasteiger partial charge in [0.2, 0.25) is 0 Å². The Labute approximate surface area is 119 Å². The first kappa shape index (κ1) is 15.1. The van der Waals surface area contributed by atoms with E-state index in [1.54, 1.807) is 11.9 Å². The predicted octanol–water partition coefficient (Wildman–Crippen LogP) is 3.21. The molecule has 4 heteroatoms. The van der Waals surface area contributed by atoms with E-state index in [4.69, 9.17) is 5.73 Å². The van der Waals surface area contributed by atoms with Crippen LogP contribution in [0.4, 0.5) is 4.79 Å². The lowest BCUT2D eigenvalue weighted by atomic mass is 9.98. The zero-order valence-electron chi connectivity index (χ0n) is 10.7. The van der Waals surface area contributed by atoms with E-state index in [0.717, 1.165) is 11.1 Å². The third-order valence-electron chi connectivity index (χ3n) is 2.97. The Hall–Kier alpha value is -2.00. The first-order chi connectivity index (χ1) is 8.70. The summed E-state index contributed by atoms with van der Waals surface area (Å²) < 4.78 is 0. The molecule has 0 saturated heterocycles. The van der Waals surface area contributed by atoms with Crippen molar-refractivity contribution < 1.29 is 4.79 Å². The maximum absolute atomic E-state index is 11.4. The van der Waals surface area contributed by atoms with Crippen molar-refractivity contribution in [3.8, 4) is 0 Å². The van der Waals surface area contributed by atoms with Crippen molar-refractivity contribution in [3.05, 3.63) is 71.8 Å². The zero-order valence-corrected chi connectivity index (χ0v) is 11.5. The van der Waals surface area contributed by atoms with Crippen LogP contribution in [0.3, 0.4) is 0 Å². The fourth-order valence-electron chi connectivity index (χ4n) is 2.04. The van der Waals surface area contributed by atoms with Gasteiger partial charge in [-0.15, -0.1) is 12.4 Å². The van der Waals surface area contributed by atoms with Gasteiger partial charge in [0.05, 0.1) is 6.04 Å². The first-order valence-electron chi connectivity index (χ1n) is 5.82. The Balaban J connectivity index is 0.00000180. The van der Waals surface area contributed by atoms with E-state index in [9.17, 15) is 4.79 Å². The van der Waals surface area contributed by atoms with Gasteiger partial charge in [-0.2, -0.15) is 0 Å². The minimum atomic E-state index is -0.437. The molecule has 2 rings (SSSR count). The van der Waals surface area contributed by atoms with Crippen molar-refractivity contribution >= 4 is 18.4 Å². The number of benzene rings is 2. The Morgan fingerprint density at radius 1 is 0.947 bits per heavy atom. The molecule has 2 N–H and O–H groups in total. The topological polar surface area (TPSA) is 46.3 Å². The number of nitrogens with two attached hydrogens (primary N) is 1. The predicted molar refractivity (Wildman–Crippen MR) is 79.3 cm³/mol. The summed E-state index contributed by atoms with van der Waals surface area (Å²) in [4.78, 5) is 13.0. The van der Waals surface area contributed by atoms with Crippen molar-refractivity contribution in [2.45, 2.75) is 6.04 Å². The molecule has 3 nitrogen and oxygen atoms in total. The van der Waals surface area contributed by atoms with E-state index >= 15 is 0 Å². The summed E-state index contributed by atoms with van der Waals surface area (Å²) in [6.45, 7) is 0. The molecule has 0 atom stereocenters. The van der Waals surface area contributed by atoms with Gasteiger partial charge in [0.25, 0.3) is 0 Å². The second-order valence-corrected chi connectivity index (χ2v) is 4.17. The largest absolute Gasteiger partial charge is 0.351 e. The molecule has 19 heavy (non-hydrogen) atoms. The van der Waals surface area contributed by atoms with Crippen molar-refractivity contribution in [3.63, 3.8) is 0 Å². The molecule has 2 aromatic carbocycles. The fourth-order valence-corrected chi connectivity index (χ4v) is 2.04. The molecule has 0 saturated carbocycles. The highest BCUT2D eigenvalue weighted by Gasteiger charge is 2.21. The lowest BCUT2D eigenvalue weighted by Crippen LogP contribution is -2.36. The van der Waals surface area contributed by atoms with Gasteiger partial charge in [0.15, 0.2) is 0 Å². The number of halogens is 1. The van der Waals surface area contributed by atoms with Crippen LogP contribution in [0.2, 0.25) is 0 Å². The first-order valence-corrected chi connectivity index (χ1v) is 5.82. The van der Waals surface area contributed by atoms with E-state index < -0.39 is 6.03 Å². The molecule has 0 aromatic heterocycles. The van der Waals surface area contributed by atoms with Crippen LogP contribution in [0.25, 0.3) is 0 Å². The highest BCUT2D eigenvalue weighted by Crippen LogP contribution is 2.26. The highest BCUT2D eigenvalue weighted by molar-refractivity contribution is 5.85. The molecule has 0 radical (unpaired) electrons. The number of hydrogen-bond acceptors (Lipinski definition) is 1. The third kappa shape index (κ3) is 3.48. The van der Waals surface area contributed by atoms with Crippen molar-refractivity contribution in [2.75, 3.05) is 7.05 Å². The minimum absolute atomic E-state index is 0. The van der Waals surface area contributed by atoms with Crippen LogP contribution in [-0.4, -0.2) is 18.0 Å². The summed E-state index contributed by atoms with van der Waals surface area (Å²) in [5.41, 5.74) is 7.49. The highest BCUT2D eigenvalue weighted by atomic mass is 35.5. The fraction of sp³-hybridized carbons (Fsp3) is 0.133. The summed E-state index contributed by atoms with van der Waals surface area (Å²) in [7, 11) is 1.72. The number of carbonyl (C=O) groups excluding carboxylic acids is 1. The second kappa shape index (κ2) is 6.81. The molecule has 0 aliphatic rings. The number of nitrogens with zero attached hydrogens (tertiary/aromatic N) is 1. The van der Waals surface area contributed by atoms with E-state index in [-0.39, 0.29) is 18.4 Å². The zero-order chi connectivity index (χ0) is 13.0. The molecule has 0 unspecified atom stereocenters. The summed E-state index contributed by atoms with van der Waals surface area (Å²) in [6, 6.07) is 19.1. The summed E-state index contributed by atoms with van der Waals surface area (Å²) >= 11 is 0. The van der Waals surface area contributed by atoms with Crippen LogP contribution >= 0.6 is 12.4 Å². The molecule has 0 spiro atoms. The van der Waals surface area contributed by atoms with Crippen LogP contribution in [0.5, 0.6) is 0 Å². The molecule has 0 fully saturated rings. The Bertz CT molecular complexity index is 477. The minimum Gasteiger partial charge on any atom is -0.351 e. The number of carbonyl (C=O) groups is 1. The Kier molecular flexibility index (Phi) is 5.39. The standard InChI is InChI=1S/C15H16N2O.ClH/c1-17(15(16)18)14(12-8-4-2-5-9-12)13-10-6-3-7-11-13;/h2-11,14H,1H3,(H2,16,18);1H. The van der Waals surface area contributed by atoms with Crippen molar-refractivity contribution in [1.29, 1.82) is 0 Å². The summed E-state index contributed by atoms with van der Waals surface area (Å²) in [5.74, 6) is 0. The SMILES string of the molecule is CN(C(N)=O)C(c1ccccc1)c1ccccc1.Cl. The van der Waals surface area contributed by atoms with E-state index in [1.165, 1.54) is 0 Å². The van der Waals surface area contributed by atoms with Crippen molar-refractivity contribution in [2.24, 2.45) is 5.73 Å². The average molecular weight is 277 g/mol. The lowest BCUT2D eigenvalue weighted by molar-refractivity contribution is 0.208. The molecule has 2 amide bonds. The lowest BCUT2D eigenvalue weighted by Gasteiger charge is -2.27. The van der Waals surface area contributed by atoms with Crippen LogP contribution in [0.1, 0.15) is 17.2 Å². The van der Waals surface area contributed by atoms with Crippen molar-refractivity contribution in [1.82, 2.24) is 4.90 Å². The monoisotopic (exact) mass is 276 g/mol. The molecular formula is C15H17ClN2O. The molecule has 2 aromatic rings. The van der Waals surface area contributed by atoms with Gasteiger partial charge in [0.1, 0.15) is 0 Å². The number of rotatable bonds is 3. The maximum Gasteiger partial charge on any atom is 0.315 e. The number of urea groups is 1. The van der Waals surface area contributed by atoms with E-state index in [0.29, 0.717) is 0 Å². The van der Waals surface area contributed by atoms with Gasteiger partial charge >= 0.3 is 6.03 Å². The van der Waals surface area contributed by atoms with Gasteiger partial charge in [-0.05, 0) is 11.1 Å². The third-order valence-corrected chi connectivity index (χ3v) is 2.97. The second-order valence-electron chi connectivity index (χ2n) is 4.17. The van der Waals surface area contributed by atoms with Crippen LogP contribution in [0.15, 0.2) is 60.7 Å². The van der Waals surface area contributed by atoms with E-state index in [2.05, 4.69) is 0 Å². The van der Waals surface area contributed by atoms with Gasteiger partial charge in [-0.3, -0.25) is 0 Å². The normalized spacial score (nSPS) is 9.79. The van der Waals surface area contributed by atoms with Crippen LogP contribution < -0.4 is 5.73 Å². The van der Waals surface area contributed by atoms with E-state index in [1.807, 2.05) is 60.7 Å². The molecular weight excluding hydrogens is 260 g/mol. The van der Waals surface area contributed by atoms with Crippen LogP contribution in [-0.2, 0) is 0 Å². The smallest absolute Gasteiger partial charge is 0.315 e. The van der Waals surface area contributed by atoms with Crippen LogP contribution in [0, 0.1) is 0 Å². The van der Waals surface area contributed by atoms with Gasteiger partial charge < -0.3 is 10.6 Å². The number of amides is 2. The Morgan fingerprint density at radius 3 is 1.63 bits per heavy atom. The quantitative estimate of drug-likeness (QED) is 0.919. The van der Waals surface area contributed by atoms with Gasteiger partial charge in [-0.25, -0.2) is 4.79 Å². The van der Waals surface area contributed by atoms with Gasteiger partial charge in [0, 0.05) is 7.05 Å². The molecule has 0 aliphatic carbocycles. The summed E-state index contributed by atoms with van der Waals surface area (Å²) in [6.07, 6.45) is 0. The molecule has 0 heterocycles. The Morgan fingerprint density at radius 2 is 1.32 bits per heavy atom. The molecule has 0 bridgehead atoms. The molecule has 0 aliphatic heterocycles. The molecule has 100 valence electrons. The average Bonchev–Trinajstić information content (AvgIpc) is 2.41. The summed E-state index contributed by atoms with van der Waals surface area (Å²) in [5, 5.41) is 0. The number of primary amides is 1. The maximum atomic E-state index is 11.4. The number of hydrogen-bond donors (Lipinski definition) is 1. The van der Waals surface area contributed by atoms with Gasteiger partial charge in [-0.1, -0.05) is 60.7 Å².